The normalized spacial score (nSPS) is 17.1. The molecule has 24 heavy (non-hydrogen) atoms. The SMILES string of the molecule is Cn1ncc(CN=C(N)NC2CCN(Cc3ccccc3)CC2)n1. The van der Waals surface area contributed by atoms with Gasteiger partial charge in [-0.1, -0.05) is 30.3 Å². The van der Waals surface area contributed by atoms with E-state index in [1.54, 1.807) is 13.2 Å². The van der Waals surface area contributed by atoms with Crippen LogP contribution in [0.2, 0.25) is 0 Å². The van der Waals surface area contributed by atoms with Gasteiger partial charge >= 0.3 is 0 Å². The average Bonchev–Trinajstić information content (AvgIpc) is 3.01. The van der Waals surface area contributed by atoms with Gasteiger partial charge in [0.05, 0.1) is 12.7 Å². The molecule has 1 saturated heterocycles. The minimum atomic E-state index is 0.391. The number of likely N-dealkylation sites (tertiary alicyclic amines) is 1. The summed E-state index contributed by atoms with van der Waals surface area (Å²) in [6.07, 6.45) is 3.86. The molecule has 1 aliphatic rings. The Morgan fingerprint density at radius 2 is 2.04 bits per heavy atom. The largest absolute Gasteiger partial charge is 0.370 e. The maximum absolute atomic E-state index is 5.99. The molecule has 0 unspecified atom stereocenters. The van der Waals surface area contributed by atoms with E-state index in [1.165, 1.54) is 10.4 Å². The van der Waals surface area contributed by atoms with Crippen LogP contribution in [0.25, 0.3) is 0 Å². The molecule has 0 atom stereocenters. The van der Waals surface area contributed by atoms with Gasteiger partial charge in [-0.3, -0.25) is 4.90 Å². The van der Waals surface area contributed by atoms with Crippen LogP contribution in [-0.2, 0) is 20.1 Å². The fraction of sp³-hybridized carbons (Fsp3) is 0.471. The number of nitrogens with two attached hydrogens (primary N) is 1. The zero-order valence-electron chi connectivity index (χ0n) is 14.1. The first-order valence-electron chi connectivity index (χ1n) is 8.37. The van der Waals surface area contributed by atoms with Crippen molar-refractivity contribution >= 4 is 5.96 Å². The van der Waals surface area contributed by atoms with Gasteiger partial charge in [0.25, 0.3) is 0 Å². The van der Waals surface area contributed by atoms with Gasteiger partial charge < -0.3 is 11.1 Å². The lowest BCUT2D eigenvalue weighted by molar-refractivity contribution is 0.199. The highest BCUT2D eigenvalue weighted by atomic mass is 15.4. The Morgan fingerprint density at radius 3 is 2.71 bits per heavy atom. The summed E-state index contributed by atoms with van der Waals surface area (Å²) in [4.78, 5) is 8.35. The first kappa shape index (κ1) is 16.4. The number of piperidine rings is 1. The Morgan fingerprint density at radius 1 is 1.29 bits per heavy atom. The van der Waals surface area contributed by atoms with E-state index in [0.29, 0.717) is 18.5 Å². The predicted octanol–water partition coefficient (Wildman–Crippen LogP) is 0.884. The van der Waals surface area contributed by atoms with Gasteiger partial charge in [0.1, 0.15) is 5.69 Å². The van der Waals surface area contributed by atoms with E-state index in [1.807, 2.05) is 0 Å². The quantitative estimate of drug-likeness (QED) is 0.629. The molecular weight excluding hydrogens is 302 g/mol. The smallest absolute Gasteiger partial charge is 0.189 e. The van der Waals surface area contributed by atoms with Gasteiger partial charge in [-0.2, -0.15) is 15.0 Å². The number of benzene rings is 1. The monoisotopic (exact) mass is 327 g/mol. The minimum absolute atomic E-state index is 0.391. The van der Waals surface area contributed by atoms with E-state index in [-0.39, 0.29) is 0 Å². The summed E-state index contributed by atoms with van der Waals surface area (Å²) in [6.45, 7) is 3.62. The summed E-state index contributed by atoms with van der Waals surface area (Å²) in [5.41, 5.74) is 8.18. The summed E-state index contributed by atoms with van der Waals surface area (Å²) in [5.74, 6) is 0.488. The van der Waals surface area contributed by atoms with E-state index < -0.39 is 0 Å². The molecule has 128 valence electrons. The molecule has 3 N–H and O–H groups in total. The lowest BCUT2D eigenvalue weighted by atomic mass is 10.0. The molecule has 1 aliphatic heterocycles. The first-order valence-corrected chi connectivity index (χ1v) is 8.37. The van der Waals surface area contributed by atoms with Crippen molar-refractivity contribution in [2.45, 2.75) is 32.0 Å². The molecule has 0 amide bonds. The van der Waals surface area contributed by atoms with Crippen molar-refractivity contribution < 1.29 is 0 Å². The molecule has 0 saturated carbocycles. The Balaban J connectivity index is 1.41. The van der Waals surface area contributed by atoms with Crippen LogP contribution in [0, 0.1) is 0 Å². The Bertz CT molecular complexity index is 657. The fourth-order valence-electron chi connectivity index (χ4n) is 2.96. The second-order valence-electron chi connectivity index (χ2n) is 6.21. The fourth-order valence-corrected chi connectivity index (χ4v) is 2.96. The van der Waals surface area contributed by atoms with E-state index in [4.69, 9.17) is 5.73 Å². The van der Waals surface area contributed by atoms with Gasteiger partial charge in [-0.25, -0.2) is 4.99 Å². The zero-order valence-corrected chi connectivity index (χ0v) is 14.1. The Kier molecular flexibility index (Phi) is 5.43. The lowest BCUT2D eigenvalue weighted by Gasteiger charge is -2.32. The van der Waals surface area contributed by atoms with Gasteiger partial charge in [0.2, 0.25) is 0 Å². The number of aryl methyl sites for hydroxylation is 1. The molecule has 1 fully saturated rings. The summed E-state index contributed by atoms with van der Waals surface area (Å²) in [7, 11) is 1.79. The number of nitrogens with one attached hydrogen (secondary N) is 1. The average molecular weight is 327 g/mol. The van der Waals surface area contributed by atoms with Crippen molar-refractivity contribution in [2.75, 3.05) is 13.1 Å². The molecule has 0 spiro atoms. The van der Waals surface area contributed by atoms with Crippen LogP contribution in [0.1, 0.15) is 24.1 Å². The molecule has 1 aromatic carbocycles. The van der Waals surface area contributed by atoms with Crippen LogP contribution < -0.4 is 11.1 Å². The van der Waals surface area contributed by atoms with Crippen LogP contribution in [0.5, 0.6) is 0 Å². The summed E-state index contributed by atoms with van der Waals surface area (Å²) in [6, 6.07) is 11.0. The topological polar surface area (TPSA) is 84.4 Å². The third-order valence-electron chi connectivity index (χ3n) is 4.25. The molecule has 2 heterocycles. The second kappa shape index (κ2) is 7.92. The third kappa shape index (κ3) is 4.79. The maximum Gasteiger partial charge on any atom is 0.189 e. The highest BCUT2D eigenvalue weighted by molar-refractivity contribution is 5.78. The van der Waals surface area contributed by atoms with Crippen molar-refractivity contribution in [1.29, 1.82) is 0 Å². The Labute approximate surface area is 142 Å². The molecule has 1 aromatic heterocycles. The zero-order chi connectivity index (χ0) is 16.8. The molecule has 0 aliphatic carbocycles. The van der Waals surface area contributed by atoms with Crippen molar-refractivity contribution in [3.05, 3.63) is 47.8 Å². The van der Waals surface area contributed by atoms with E-state index in [9.17, 15) is 0 Å². The van der Waals surface area contributed by atoms with Crippen LogP contribution in [0.4, 0.5) is 0 Å². The number of hydrogen-bond donors (Lipinski definition) is 2. The molecular formula is C17H25N7. The predicted molar refractivity (Wildman–Crippen MR) is 94.2 cm³/mol. The second-order valence-corrected chi connectivity index (χ2v) is 6.21. The summed E-state index contributed by atoms with van der Waals surface area (Å²) >= 11 is 0. The highest BCUT2D eigenvalue weighted by Crippen LogP contribution is 2.13. The summed E-state index contributed by atoms with van der Waals surface area (Å²) in [5, 5.41) is 11.5. The number of hydrogen-bond acceptors (Lipinski definition) is 4. The Hall–Kier alpha value is -2.41. The van der Waals surface area contributed by atoms with Crippen molar-refractivity contribution in [3.8, 4) is 0 Å². The number of aromatic nitrogens is 3. The van der Waals surface area contributed by atoms with Crippen molar-refractivity contribution in [3.63, 3.8) is 0 Å². The van der Waals surface area contributed by atoms with E-state index in [2.05, 4.69) is 55.7 Å². The molecule has 2 aromatic rings. The molecule has 0 radical (unpaired) electrons. The van der Waals surface area contributed by atoms with E-state index in [0.717, 1.165) is 38.2 Å². The standard InChI is InChI=1S/C17H25N7/c1-23-20-12-16(22-23)11-19-17(18)21-15-7-9-24(10-8-15)13-14-5-3-2-4-6-14/h2-6,12,15H,7-11,13H2,1H3,(H3,18,19,21). The molecule has 0 bridgehead atoms. The van der Waals surface area contributed by atoms with Crippen molar-refractivity contribution in [2.24, 2.45) is 17.8 Å². The molecule has 3 rings (SSSR count). The molecule has 7 heteroatoms. The minimum Gasteiger partial charge on any atom is -0.370 e. The highest BCUT2D eigenvalue weighted by Gasteiger charge is 2.19. The number of nitrogens with zero attached hydrogens (tertiary/aromatic N) is 5. The van der Waals surface area contributed by atoms with Crippen molar-refractivity contribution in [1.82, 2.24) is 25.2 Å². The first-order chi connectivity index (χ1) is 11.7. The number of guanidine groups is 1. The molecule has 7 nitrogen and oxygen atoms in total. The van der Waals surface area contributed by atoms with Crippen LogP contribution in [-0.4, -0.2) is 45.0 Å². The van der Waals surface area contributed by atoms with Gasteiger partial charge in [0, 0.05) is 32.7 Å². The van der Waals surface area contributed by atoms with Gasteiger partial charge in [0.15, 0.2) is 5.96 Å². The van der Waals surface area contributed by atoms with Crippen LogP contribution in [0.3, 0.4) is 0 Å². The number of aliphatic imine (C=N–C) groups is 1. The lowest BCUT2D eigenvalue weighted by Crippen LogP contribution is -2.46. The van der Waals surface area contributed by atoms with Gasteiger partial charge in [-0.05, 0) is 18.4 Å². The summed E-state index contributed by atoms with van der Waals surface area (Å²) < 4.78 is 0. The van der Waals surface area contributed by atoms with Crippen LogP contribution >= 0.6 is 0 Å². The van der Waals surface area contributed by atoms with Gasteiger partial charge in [-0.15, -0.1) is 0 Å². The third-order valence-corrected chi connectivity index (χ3v) is 4.25. The maximum atomic E-state index is 5.99. The number of rotatable bonds is 5. The van der Waals surface area contributed by atoms with Crippen LogP contribution in [0.15, 0.2) is 41.5 Å². The van der Waals surface area contributed by atoms with E-state index >= 15 is 0 Å².